The van der Waals surface area contributed by atoms with Gasteiger partial charge in [0.05, 0.1) is 10.6 Å². The molecule has 4 heteroatoms. The van der Waals surface area contributed by atoms with E-state index < -0.39 is 0 Å². The normalized spacial score (nSPS) is 22.9. The van der Waals surface area contributed by atoms with E-state index in [-0.39, 0.29) is 5.91 Å². The van der Waals surface area contributed by atoms with Crippen LogP contribution in [-0.4, -0.2) is 11.9 Å². The number of rotatable bonds is 3. The smallest absolute Gasteiger partial charge is 0.255 e. The highest BCUT2D eigenvalue weighted by atomic mass is 35.5. The summed E-state index contributed by atoms with van der Waals surface area (Å²) in [5.41, 5.74) is 6.56. The van der Waals surface area contributed by atoms with Crippen LogP contribution in [0, 0.1) is 5.92 Å². The van der Waals surface area contributed by atoms with Gasteiger partial charge in [0.15, 0.2) is 0 Å². The number of nitrogens with two attached hydrogens (primary N) is 1. The van der Waals surface area contributed by atoms with Crippen LogP contribution in [0.1, 0.15) is 30.1 Å². The fraction of sp³-hybridized carbons (Fsp3) is 0.417. The molecule has 3 nitrogen and oxygen atoms in total. The van der Waals surface area contributed by atoms with Crippen LogP contribution in [0.2, 0.25) is 5.02 Å². The zero-order valence-electron chi connectivity index (χ0n) is 9.16. The predicted molar refractivity (Wildman–Crippen MR) is 65.5 cm³/mol. The Morgan fingerprint density at radius 1 is 1.62 bits per heavy atom. The molecule has 3 N–H and O–H groups in total. The molecule has 1 amide bonds. The van der Waals surface area contributed by atoms with Gasteiger partial charge in [-0.1, -0.05) is 31.0 Å². The lowest BCUT2D eigenvalue weighted by molar-refractivity contribution is 0.0950. The number of anilines is 1. The van der Waals surface area contributed by atoms with E-state index in [9.17, 15) is 4.79 Å². The zero-order chi connectivity index (χ0) is 11.7. The first-order chi connectivity index (χ1) is 7.63. The fourth-order valence-corrected chi connectivity index (χ4v) is 2.16. The topological polar surface area (TPSA) is 55.1 Å². The summed E-state index contributed by atoms with van der Waals surface area (Å²) in [5.74, 6) is 0.455. The molecule has 1 aliphatic rings. The Hall–Kier alpha value is -1.22. The van der Waals surface area contributed by atoms with Crippen LogP contribution in [0.15, 0.2) is 18.2 Å². The minimum absolute atomic E-state index is 0.163. The van der Waals surface area contributed by atoms with E-state index in [2.05, 4.69) is 12.2 Å². The standard InChI is InChI=1S/C12H15ClN2O/c1-2-7-6-10(7)15-12(16)11-8(13)4-3-5-9(11)14/h3-5,7,10H,2,6,14H2,1H3,(H,15,16). The SMILES string of the molecule is CCC1CC1NC(=O)c1c(N)cccc1Cl. The van der Waals surface area contributed by atoms with Crippen molar-refractivity contribution in [2.24, 2.45) is 5.92 Å². The van der Waals surface area contributed by atoms with Gasteiger partial charge in [0.25, 0.3) is 5.91 Å². The summed E-state index contributed by atoms with van der Waals surface area (Å²) in [6.07, 6.45) is 2.16. The number of carbonyl (C=O) groups is 1. The van der Waals surface area contributed by atoms with E-state index in [4.69, 9.17) is 17.3 Å². The summed E-state index contributed by atoms with van der Waals surface area (Å²) >= 11 is 5.96. The van der Waals surface area contributed by atoms with E-state index in [0.717, 1.165) is 12.8 Å². The van der Waals surface area contributed by atoms with Crippen LogP contribution in [-0.2, 0) is 0 Å². The van der Waals surface area contributed by atoms with Gasteiger partial charge < -0.3 is 11.1 Å². The van der Waals surface area contributed by atoms with Crippen LogP contribution >= 0.6 is 11.6 Å². The molecule has 0 aromatic heterocycles. The van der Waals surface area contributed by atoms with Crippen molar-refractivity contribution in [1.82, 2.24) is 5.32 Å². The Labute approximate surface area is 100.0 Å². The minimum Gasteiger partial charge on any atom is -0.398 e. The third-order valence-corrected chi connectivity index (χ3v) is 3.35. The Bertz CT molecular complexity index is 399. The average molecular weight is 239 g/mol. The highest BCUT2D eigenvalue weighted by Crippen LogP contribution is 2.34. The van der Waals surface area contributed by atoms with Crippen LogP contribution < -0.4 is 11.1 Å². The van der Waals surface area contributed by atoms with Crippen LogP contribution in [0.5, 0.6) is 0 Å². The zero-order valence-corrected chi connectivity index (χ0v) is 9.92. The van der Waals surface area contributed by atoms with Gasteiger partial charge in [-0.05, 0) is 24.5 Å². The second-order valence-electron chi connectivity index (χ2n) is 4.19. The van der Waals surface area contributed by atoms with Crippen LogP contribution in [0.4, 0.5) is 5.69 Å². The van der Waals surface area contributed by atoms with Gasteiger partial charge in [-0.3, -0.25) is 4.79 Å². The predicted octanol–water partition coefficient (Wildman–Crippen LogP) is 2.45. The molecule has 2 atom stereocenters. The van der Waals surface area contributed by atoms with E-state index in [1.165, 1.54) is 0 Å². The van der Waals surface area contributed by atoms with Gasteiger partial charge >= 0.3 is 0 Å². The quantitative estimate of drug-likeness (QED) is 0.795. The summed E-state index contributed by atoms with van der Waals surface area (Å²) < 4.78 is 0. The molecule has 0 radical (unpaired) electrons. The Kier molecular flexibility index (Phi) is 3.06. The molecule has 0 aliphatic heterocycles. The monoisotopic (exact) mass is 238 g/mol. The molecule has 0 spiro atoms. The second-order valence-corrected chi connectivity index (χ2v) is 4.60. The third kappa shape index (κ3) is 2.14. The number of benzene rings is 1. The lowest BCUT2D eigenvalue weighted by Gasteiger charge is -2.08. The fourth-order valence-electron chi connectivity index (χ4n) is 1.90. The van der Waals surface area contributed by atoms with Gasteiger partial charge in [0, 0.05) is 11.7 Å². The van der Waals surface area contributed by atoms with Crippen molar-refractivity contribution in [3.05, 3.63) is 28.8 Å². The van der Waals surface area contributed by atoms with Crippen LogP contribution in [0.3, 0.4) is 0 Å². The van der Waals surface area contributed by atoms with Crippen molar-refractivity contribution in [3.8, 4) is 0 Å². The number of halogens is 1. The van der Waals surface area contributed by atoms with Gasteiger partial charge in [0.1, 0.15) is 0 Å². The van der Waals surface area contributed by atoms with E-state index in [1.807, 2.05) is 0 Å². The number of hydrogen-bond donors (Lipinski definition) is 2. The molecule has 2 rings (SSSR count). The summed E-state index contributed by atoms with van der Waals surface area (Å²) in [7, 11) is 0. The van der Waals surface area contributed by atoms with Crippen molar-refractivity contribution in [1.29, 1.82) is 0 Å². The van der Waals surface area contributed by atoms with Crippen molar-refractivity contribution < 1.29 is 4.79 Å². The summed E-state index contributed by atoms with van der Waals surface area (Å²) in [4.78, 5) is 11.9. The third-order valence-electron chi connectivity index (χ3n) is 3.04. The summed E-state index contributed by atoms with van der Waals surface area (Å²) in [6, 6.07) is 5.40. The Morgan fingerprint density at radius 2 is 2.38 bits per heavy atom. The maximum atomic E-state index is 11.9. The van der Waals surface area contributed by atoms with Crippen molar-refractivity contribution in [2.45, 2.75) is 25.8 Å². The van der Waals surface area contributed by atoms with E-state index in [0.29, 0.717) is 28.2 Å². The highest BCUT2D eigenvalue weighted by Gasteiger charge is 2.37. The maximum absolute atomic E-state index is 11.9. The van der Waals surface area contributed by atoms with Crippen molar-refractivity contribution in [3.63, 3.8) is 0 Å². The van der Waals surface area contributed by atoms with Gasteiger partial charge in [-0.15, -0.1) is 0 Å². The highest BCUT2D eigenvalue weighted by molar-refractivity contribution is 6.34. The van der Waals surface area contributed by atoms with Crippen molar-refractivity contribution >= 4 is 23.2 Å². The van der Waals surface area contributed by atoms with E-state index >= 15 is 0 Å². The number of nitrogen functional groups attached to an aromatic ring is 1. The van der Waals surface area contributed by atoms with Gasteiger partial charge in [0.2, 0.25) is 0 Å². The molecule has 16 heavy (non-hydrogen) atoms. The molecular formula is C12H15ClN2O. The average Bonchev–Trinajstić information content (AvgIpc) is 2.96. The molecule has 0 heterocycles. The largest absolute Gasteiger partial charge is 0.398 e. The molecule has 1 fully saturated rings. The molecule has 1 aliphatic carbocycles. The molecule has 86 valence electrons. The molecular weight excluding hydrogens is 224 g/mol. The number of amides is 1. The molecule has 1 aromatic rings. The second kappa shape index (κ2) is 4.34. The van der Waals surface area contributed by atoms with Crippen LogP contribution in [0.25, 0.3) is 0 Å². The summed E-state index contributed by atoms with van der Waals surface area (Å²) in [5, 5.41) is 3.36. The van der Waals surface area contributed by atoms with E-state index in [1.54, 1.807) is 18.2 Å². The lowest BCUT2D eigenvalue weighted by Crippen LogP contribution is -2.27. The Morgan fingerprint density at radius 3 is 2.94 bits per heavy atom. The van der Waals surface area contributed by atoms with Crippen molar-refractivity contribution in [2.75, 3.05) is 5.73 Å². The number of hydrogen-bond acceptors (Lipinski definition) is 2. The first kappa shape index (κ1) is 11.3. The maximum Gasteiger partial charge on any atom is 0.255 e. The molecule has 0 saturated heterocycles. The first-order valence-corrected chi connectivity index (χ1v) is 5.86. The van der Waals surface area contributed by atoms with Gasteiger partial charge in [-0.25, -0.2) is 0 Å². The number of carbonyl (C=O) groups excluding carboxylic acids is 1. The summed E-state index contributed by atoms with van der Waals surface area (Å²) in [6.45, 7) is 2.13. The van der Waals surface area contributed by atoms with Gasteiger partial charge in [-0.2, -0.15) is 0 Å². The Balaban J connectivity index is 2.09. The molecule has 0 bridgehead atoms. The molecule has 1 aromatic carbocycles. The number of nitrogens with one attached hydrogen (secondary N) is 1. The molecule has 2 unspecified atom stereocenters. The molecule has 1 saturated carbocycles. The minimum atomic E-state index is -0.163. The lowest BCUT2D eigenvalue weighted by atomic mass is 10.1. The first-order valence-electron chi connectivity index (χ1n) is 5.48.